The number of esters is 1. The van der Waals surface area contributed by atoms with Gasteiger partial charge in [-0.1, -0.05) is 98.8 Å². The molecule has 0 aromatic heterocycles. The third kappa shape index (κ3) is 4.81. The first-order chi connectivity index (χ1) is 15.5. The maximum Gasteiger partial charge on any atom is 0.337 e. The van der Waals surface area contributed by atoms with E-state index in [1.807, 2.05) is 18.2 Å². The molecular formula is C30H28O2. The van der Waals surface area contributed by atoms with Crippen molar-refractivity contribution in [1.29, 1.82) is 0 Å². The van der Waals surface area contributed by atoms with E-state index in [0.29, 0.717) is 5.56 Å². The Morgan fingerprint density at radius 2 is 1.44 bits per heavy atom. The minimum Gasteiger partial charge on any atom is -0.465 e. The van der Waals surface area contributed by atoms with Crippen LogP contribution in [0.2, 0.25) is 0 Å². The van der Waals surface area contributed by atoms with Crippen molar-refractivity contribution >= 4 is 29.8 Å². The van der Waals surface area contributed by atoms with E-state index in [1.165, 1.54) is 29.4 Å². The van der Waals surface area contributed by atoms with Crippen molar-refractivity contribution in [1.82, 2.24) is 0 Å². The SMILES string of the molecule is COC(=O)c1ccc(/C=C/c2ccc3c(c2)C(/C=C\c2ccccc2)=CCC3(C)C)cc1. The fourth-order valence-electron chi connectivity index (χ4n) is 4.03. The van der Waals surface area contributed by atoms with Crippen LogP contribution in [-0.2, 0) is 10.2 Å². The molecule has 0 amide bonds. The fourth-order valence-corrected chi connectivity index (χ4v) is 4.03. The van der Waals surface area contributed by atoms with Gasteiger partial charge in [0.25, 0.3) is 0 Å². The number of hydrogen-bond donors (Lipinski definition) is 0. The topological polar surface area (TPSA) is 26.3 Å². The molecule has 2 heteroatoms. The highest BCUT2D eigenvalue weighted by Crippen LogP contribution is 2.40. The van der Waals surface area contributed by atoms with Gasteiger partial charge in [-0.2, -0.15) is 0 Å². The van der Waals surface area contributed by atoms with E-state index < -0.39 is 0 Å². The molecule has 3 aromatic rings. The Hall–Kier alpha value is -3.65. The molecule has 0 bridgehead atoms. The molecule has 32 heavy (non-hydrogen) atoms. The summed E-state index contributed by atoms with van der Waals surface area (Å²) in [7, 11) is 1.39. The molecule has 4 rings (SSSR count). The van der Waals surface area contributed by atoms with Crippen LogP contribution in [0.15, 0.2) is 84.9 Å². The molecule has 0 saturated carbocycles. The standard InChI is InChI=1S/C30H28O2/c1-30(2)20-19-25(15-11-22-7-5-4-6-8-22)27-21-24(14-18-28(27)30)10-9-23-12-16-26(17-13-23)29(31)32-3/h4-19,21H,20H2,1-3H3/b10-9+,15-11-. The Morgan fingerprint density at radius 3 is 2.16 bits per heavy atom. The lowest BCUT2D eigenvalue weighted by atomic mass is 9.73. The maximum atomic E-state index is 11.6. The molecule has 0 fully saturated rings. The zero-order chi connectivity index (χ0) is 22.6. The van der Waals surface area contributed by atoms with Gasteiger partial charge in [-0.15, -0.1) is 0 Å². The largest absolute Gasteiger partial charge is 0.465 e. The van der Waals surface area contributed by atoms with E-state index >= 15 is 0 Å². The van der Waals surface area contributed by atoms with E-state index in [4.69, 9.17) is 4.74 Å². The Bertz CT molecular complexity index is 1190. The Morgan fingerprint density at radius 1 is 0.812 bits per heavy atom. The summed E-state index contributed by atoms with van der Waals surface area (Å²) in [6.07, 6.45) is 12.0. The van der Waals surface area contributed by atoms with Gasteiger partial charge in [0, 0.05) is 0 Å². The second-order valence-corrected chi connectivity index (χ2v) is 8.74. The summed E-state index contributed by atoms with van der Waals surface area (Å²) in [5.41, 5.74) is 8.00. The van der Waals surface area contributed by atoms with Crippen LogP contribution >= 0.6 is 0 Å². The average Bonchev–Trinajstić information content (AvgIpc) is 2.82. The van der Waals surface area contributed by atoms with Gasteiger partial charge in [-0.3, -0.25) is 0 Å². The van der Waals surface area contributed by atoms with Crippen molar-refractivity contribution in [2.45, 2.75) is 25.7 Å². The molecule has 0 unspecified atom stereocenters. The van der Waals surface area contributed by atoms with Crippen LogP contribution in [0, 0.1) is 0 Å². The number of benzene rings is 3. The van der Waals surface area contributed by atoms with Crippen LogP contribution in [0.3, 0.4) is 0 Å². The van der Waals surface area contributed by atoms with Crippen LogP contribution in [0.1, 0.15) is 58.4 Å². The minimum absolute atomic E-state index is 0.116. The highest BCUT2D eigenvalue weighted by molar-refractivity contribution is 5.89. The van der Waals surface area contributed by atoms with E-state index in [2.05, 4.69) is 86.7 Å². The van der Waals surface area contributed by atoms with Crippen molar-refractivity contribution < 1.29 is 9.53 Å². The first-order valence-corrected chi connectivity index (χ1v) is 10.9. The normalized spacial score (nSPS) is 14.9. The molecule has 1 aliphatic rings. The lowest BCUT2D eigenvalue weighted by Gasteiger charge is -2.31. The molecule has 0 heterocycles. The third-order valence-electron chi connectivity index (χ3n) is 5.97. The summed E-state index contributed by atoms with van der Waals surface area (Å²) in [6, 6.07) is 24.6. The number of hydrogen-bond acceptors (Lipinski definition) is 2. The van der Waals surface area contributed by atoms with Crippen molar-refractivity contribution in [3.05, 3.63) is 118 Å². The van der Waals surface area contributed by atoms with Crippen LogP contribution in [-0.4, -0.2) is 13.1 Å². The molecule has 160 valence electrons. The quantitative estimate of drug-likeness (QED) is 0.317. The predicted octanol–water partition coefficient (Wildman–Crippen LogP) is 7.42. The van der Waals surface area contributed by atoms with Crippen molar-refractivity contribution in [2.75, 3.05) is 7.11 Å². The van der Waals surface area contributed by atoms with Gasteiger partial charge in [0.1, 0.15) is 0 Å². The lowest BCUT2D eigenvalue weighted by molar-refractivity contribution is 0.0600. The van der Waals surface area contributed by atoms with E-state index in [0.717, 1.165) is 17.5 Å². The Labute approximate surface area is 190 Å². The molecule has 3 aromatic carbocycles. The second kappa shape index (κ2) is 9.23. The van der Waals surface area contributed by atoms with Gasteiger partial charge in [-0.05, 0) is 63.4 Å². The zero-order valence-electron chi connectivity index (χ0n) is 18.8. The highest BCUT2D eigenvalue weighted by Gasteiger charge is 2.27. The summed E-state index contributed by atoms with van der Waals surface area (Å²) in [5, 5.41) is 0. The molecule has 0 N–H and O–H groups in total. The van der Waals surface area contributed by atoms with Gasteiger partial charge >= 0.3 is 5.97 Å². The summed E-state index contributed by atoms with van der Waals surface area (Å²) in [4.78, 5) is 11.6. The molecule has 0 spiro atoms. The number of fused-ring (bicyclic) bond motifs is 1. The van der Waals surface area contributed by atoms with Crippen molar-refractivity contribution in [3.63, 3.8) is 0 Å². The molecule has 0 saturated heterocycles. The first kappa shape index (κ1) is 21.6. The average molecular weight is 421 g/mol. The monoisotopic (exact) mass is 420 g/mol. The van der Waals surface area contributed by atoms with E-state index in [9.17, 15) is 4.79 Å². The van der Waals surface area contributed by atoms with Crippen molar-refractivity contribution in [2.24, 2.45) is 0 Å². The highest BCUT2D eigenvalue weighted by atomic mass is 16.5. The summed E-state index contributed by atoms with van der Waals surface area (Å²) in [5.74, 6) is -0.319. The molecule has 0 aliphatic heterocycles. The third-order valence-corrected chi connectivity index (χ3v) is 5.97. The number of methoxy groups -OCH3 is 1. The summed E-state index contributed by atoms with van der Waals surface area (Å²) < 4.78 is 4.77. The molecule has 0 radical (unpaired) electrons. The number of allylic oxidation sites excluding steroid dienone is 3. The van der Waals surface area contributed by atoms with Gasteiger partial charge < -0.3 is 4.74 Å². The van der Waals surface area contributed by atoms with Gasteiger partial charge in [0.15, 0.2) is 0 Å². The molecule has 1 aliphatic carbocycles. The van der Waals surface area contributed by atoms with Crippen LogP contribution in [0.5, 0.6) is 0 Å². The van der Waals surface area contributed by atoms with Crippen LogP contribution < -0.4 is 0 Å². The number of ether oxygens (including phenoxy) is 1. The molecule has 0 atom stereocenters. The summed E-state index contributed by atoms with van der Waals surface area (Å²) in [6.45, 7) is 4.61. The van der Waals surface area contributed by atoms with Crippen molar-refractivity contribution in [3.8, 4) is 0 Å². The fraction of sp³-hybridized carbons (Fsp3) is 0.167. The zero-order valence-corrected chi connectivity index (χ0v) is 18.8. The van der Waals surface area contributed by atoms with Gasteiger partial charge in [-0.25, -0.2) is 4.79 Å². The number of rotatable bonds is 5. The Balaban J connectivity index is 1.61. The second-order valence-electron chi connectivity index (χ2n) is 8.74. The van der Waals surface area contributed by atoms with E-state index in [-0.39, 0.29) is 11.4 Å². The summed E-state index contributed by atoms with van der Waals surface area (Å²) >= 11 is 0. The van der Waals surface area contributed by atoms with E-state index in [1.54, 1.807) is 12.1 Å². The Kier molecular flexibility index (Phi) is 6.23. The lowest BCUT2D eigenvalue weighted by Crippen LogP contribution is -2.21. The number of carbonyl (C=O) groups is 1. The molecular weight excluding hydrogens is 392 g/mol. The first-order valence-electron chi connectivity index (χ1n) is 10.9. The smallest absolute Gasteiger partial charge is 0.337 e. The maximum absolute atomic E-state index is 11.6. The van der Waals surface area contributed by atoms with Crippen LogP contribution in [0.4, 0.5) is 0 Å². The minimum atomic E-state index is -0.319. The van der Waals surface area contributed by atoms with Gasteiger partial charge in [0.05, 0.1) is 12.7 Å². The number of carbonyl (C=O) groups excluding carboxylic acids is 1. The predicted molar refractivity (Wildman–Crippen MR) is 134 cm³/mol. The van der Waals surface area contributed by atoms with Crippen LogP contribution in [0.25, 0.3) is 23.8 Å². The van der Waals surface area contributed by atoms with Gasteiger partial charge in [0.2, 0.25) is 0 Å². The molecule has 2 nitrogen and oxygen atoms in total.